The van der Waals surface area contributed by atoms with Crippen molar-refractivity contribution in [2.24, 2.45) is 0 Å². The van der Waals surface area contributed by atoms with Crippen molar-refractivity contribution in [3.05, 3.63) is 40.1 Å². The molecule has 0 saturated carbocycles. The monoisotopic (exact) mass is 235 g/mol. The third kappa shape index (κ3) is 2.71. The van der Waals surface area contributed by atoms with Crippen molar-refractivity contribution in [1.82, 2.24) is 14.9 Å². The molecule has 0 unspecified atom stereocenters. The summed E-state index contributed by atoms with van der Waals surface area (Å²) in [7, 11) is 1.96. The second kappa shape index (κ2) is 5.27. The van der Waals surface area contributed by atoms with Gasteiger partial charge in [0.25, 0.3) is 0 Å². The average Bonchev–Trinajstić information content (AvgIpc) is 2.89. The van der Waals surface area contributed by atoms with Crippen molar-refractivity contribution in [2.75, 3.05) is 7.05 Å². The van der Waals surface area contributed by atoms with Crippen LogP contribution in [0.5, 0.6) is 0 Å². The quantitative estimate of drug-likeness (QED) is 0.861. The van der Waals surface area contributed by atoms with Crippen molar-refractivity contribution in [3.63, 3.8) is 0 Å². The van der Waals surface area contributed by atoms with E-state index in [1.165, 1.54) is 10.6 Å². The van der Waals surface area contributed by atoms with Gasteiger partial charge < -0.3 is 9.88 Å². The van der Waals surface area contributed by atoms with Gasteiger partial charge in [-0.3, -0.25) is 0 Å². The molecule has 86 valence electrons. The Hall–Kier alpha value is -1.13. The molecule has 0 fully saturated rings. The highest BCUT2D eigenvalue weighted by Crippen LogP contribution is 2.12. The third-order valence-corrected chi connectivity index (χ3v) is 3.48. The number of nitrogens with zero attached hydrogens (tertiary/aromatic N) is 2. The summed E-state index contributed by atoms with van der Waals surface area (Å²) in [5.74, 6) is 0. The summed E-state index contributed by atoms with van der Waals surface area (Å²) in [6.07, 6.45) is 5.31. The first-order valence-electron chi connectivity index (χ1n) is 5.54. The van der Waals surface area contributed by atoms with E-state index >= 15 is 0 Å². The summed E-state index contributed by atoms with van der Waals surface area (Å²) in [6, 6.07) is 2.14. The van der Waals surface area contributed by atoms with E-state index in [1.807, 2.05) is 7.05 Å². The van der Waals surface area contributed by atoms with Gasteiger partial charge in [-0.2, -0.15) is 0 Å². The maximum absolute atomic E-state index is 4.56. The van der Waals surface area contributed by atoms with E-state index in [1.54, 1.807) is 11.3 Å². The van der Waals surface area contributed by atoms with Crippen LogP contribution < -0.4 is 5.32 Å². The Kier molecular flexibility index (Phi) is 3.74. The highest BCUT2D eigenvalue weighted by Gasteiger charge is 2.01. The van der Waals surface area contributed by atoms with Gasteiger partial charge in [0.2, 0.25) is 0 Å². The zero-order valence-electron chi connectivity index (χ0n) is 9.73. The summed E-state index contributed by atoms with van der Waals surface area (Å²) >= 11 is 1.75. The molecule has 4 heteroatoms. The second-order valence-electron chi connectivity index (χ2n) is 3.81. The van der Waals surface area contributed by atoms with Crippen LogP contribution in [-0.4, -0.2) is 16.6 Å². The number of aryl methyl sites for hydroxylation is 1. The first kappa shape index (κ1) is 11.4. The third-order valence-electron chi connectivity index (χ3n) is 2.44. The van der Waals surface area contributed by atoms with Crippen LogP contribution in [0.15, 0.2) is 23.8 Å². The summed E-state index contributed by atoms with van der Waals surface area (Å²) in [6.45, 7) is 3.94. The molecule has 0 amide bonds. The van der Waals surface area contributed by atoms with Crippen molar-refractivity contribution >= 4 is 11.3 Å². The molecule has 2 rings (SSSR count). The van der Waals surface area contributed by atoms with Crippen molar-refractivity contribution in [1.29, 1.82) is 0 Å². The lowest BCUT2D eigenvalue weighted by Crippen LogP contribution is -2.04. The molecule has 0 aliphatic heterocycles. The van der Waals surface area contributed by atoms with Gasteiger partial charge >= 0.3 is 0 Å². The molecule has 0 atom stereocenters. The van der Waals surface area contributed by atoms with E-state index in [9.17, 15) is 0 Å². The van der Waals surface area contributed by atoms with E-state index in [-0.39, 0.29) is 0 Å². The lowest BCUT2D eigenvalue weighted by molar-refractivity contribution is 0.767. The Morgan fingerprint density at radius 3 is 3.06 bits per heavy atom. The highest BCUT2D eigenvalue weighted by atomic mass is 32.1. The molecular weight excluding hydrogens is 218 g/mol. The lowest BCUT2D eigenvalue weighted by atomic mass is 10.3. The van der Waals surface area contributed by atoms with Gasteiger partial charge in [-0.05, 0) is 25.1 Å². The summed E-state index contributed by atoms with van der Waals surface area (Å²) in [5.41, 5.74) is 2.47. The zero-order chi connectivity index (χ0) is 11.4. The predicted octanol–water partition coefficient (Wildman–Crippen LogP) is 2.27. The molecule has 1 N–H and O–H groups in total. The molecule has 0 radical (unpaired) electrons. The molecular formula is C12H17N3S. The Balaban J connectivity index is 2.02. The van der Waals surface area contributed by atoms with Crippen LogP contribution in [0.25, 0.3) is 0 Å². The van der Waals surface area contributed by atoms with Crippen LogP contribution in [0.1, 0.15) is 23.2 Å². The number of hydrogen-bond donors (Lipinski definition) is 1. The fourth-order valence-electron chi connectivity index (χ4n) is 1.67. The first-order chi connectivity index (χ1) is 7.81. The smallest absolute Gasteiger partial charge is 0.0926 e. The summed E-state index contributed by atoms with van der Waals surface area (Å²) < 4.78 is 2.18. The molecule has 3 nitrogen and oxygen atoms in total. The van der Waals surface area contributed by atoms with Gasteiger partial charge in [-0.15, -0.1) is 11.3 Å². The largest absolute Gasteiger partial charge is 0.348 e. The van der Waals surface area contributed by atoms with E-state index in [0.29, 0.717) is 0 Å². The van der Waals surface area contributed by atoms with Crippen LogP contribution in [0.4, 0.5) is 0 Å². The van der Waals surface area contributed by atoms with Gasteiger partial charge in [0, 0.05) is 24.3 Å². The van der Waals surface area contributed by atoms with E-state index in [4.69, 9.17) is 0 Å². The van der Waals surface area contributed by atoms with Gasteiger partial charge in [0.05, 0.1) is 17.2 Å². The Labute approximate surface area is 100 Å². The number of hydrogen-bond acceptors (Lipinski definition) is 3. The van der Waals surface area contributed by atoms with E-state index in [0.717, 1.165) is 25.2 Å². The number of thiazole rings is 1. The van der Waals surface area contributed by atoms with Crippen LogP contribution >= 0.6 is 11.3 Å². The van der Waals surface area contributed by atoms with Gasteiger partial charge in [0.1, 0.15) is 0 Å². The molecule has 0 bridgehead atoms. The van der Waals surface area contributed by atoms with Gasteiger partial charge in [-0.25, -0.2) is 4.98 Å². The minimum atomic E-state index is 0.875. The molecule has 0 aromatic carbocycles. The minimum absolute atomic E-state index is 0.875. The molecule has 2 aromatic rings. The molecule has 0 spiro atoms. The maximum atomic E-state index is 4.56. The minimum Gasteiger partial charge on any atom is -0.348 e. The number of aromatic nitrogens is 2. The normalized spacial score (nSPS) is 10.9. The van der Waals surface area contributed by atoms with Crippen LogP contribution in [0.2, 0.25) is 0 Å². The summed E-state index contributed by atoms with van der Waals surface area (Å²) in [5, 5.41) is 6.52. The highest BCUT2D eigenvalue weighted by molar-refractivity contribution is 7.09. The number of rotatable bonds is 5. The maximum Gasteiger partial charge on any atom is 0.0926 e. The van der Waals surface area contributed by atoms with Crippen molar-refractivity contribution in [2.45, 2.75) is 26.4 Å². The number of nitrogens with one attached hydrogen (secondary N) is 1. The Morgan fingerprint density at radius 1 is 1.50 bits per heavy atom. The second-order valence-corrected chi connectivity index (χ2v) is 4.75. The first-order valence-corrected chi connectivity index (χ1v) is 6.42. The van der Waals surface area contributed by atoms with Gasteiger partial charge in [-0.1, -0.05) is 6.92 Å². The van der Waals surface area contributed by atoms with Crippen LogP contribution in [0, 0.1) is 0 Å². The standard InChI is InChI=1S/C12H17N3S/c1-3-12-14-11(9-16-12)8-15-5-4-10(7-15)6-13-2/h4-5,7,9,13H,3,6,8H2,1-2H3. The zero-order valence-corrected chi connectivity index (χ0v) is 10.5. The van der Waals surface area contributed by atoms with Crippen LogP contribution in [-0.2, 0) is 19.5 Å². The van der Waals surface area contributed by atoms with Crippen molar-refractivity contribution < 1.29 is 0 Å². The molecule has 0 aliphatic rings. The van der Waals surface area contributed by atoms with E-state index in [2.05, 4.69) is 45.6 Å². The molecule has 16 heavy (non-hydrogen) atoms. The SMILES string of the molecule is CCc1nc(Cn2ccc(CNC)c2)cs1. The molecule has 0 saturated heterocycles. The van der Waals surface area contributed by atoms with Gasteiger partial charge in [0.15, 0.2) is 0 Å². The predicted molar refractivity (Wildman–Crippen MR) is 67.8 cm³/mol. The molecule has 2 heterocycles. The summed E-state index contributed by atoms with van der Waals surface area (Å²) in [4.78, 5) is 4.56. The molecule has 0 aliphatic carbocycles. The Morgan fingerprint density at radius 2 is 2.38 bits per heavy atom. The topological polar surface area (TPSA) is 29.9 Å². The lowest BCUT2D eigenvalue weighted by Gasteiger charge is -1.99. The fraction of sp³-hybridized carbons (Fsp3) is 0.417. The van der Waals surface area contributed by atoms with Crippen molar-refractivity contribution in [3.8, 4) is 0 Å². The average molecular weight is 235 g/mol. The van der Waals surface area contributed by atoms with E-state index < -0.39 is 0 Å². The van der Waals surface area contributed by atoms with Crippen LogP contribution in [0.3, 0.4) is 0 Å². The fourth-order valence-corrected chi connectivity index (χ4v) is 2.40. The molecule has 2 aromatic heterocycles. The Bertz CT molecular complexity index is 445.